The Kier molecular flexibility index (Phi) is 19.2. The van der Waals surface area contributed by atoms with E-state index in [4.69, 9.17) is 14.9 Å². The van der Waals surface area contributed by atoms with Gasteiger partial charge in [0.2, 0.25) is 0 Å². The zero-order valence-electron chi connectivity index (χ0n) is 16.3. The molecule has 0 atom stereocenters. The van der Waals surface area contributed by atoms with Crippen molar-refractivity contribution < 1.29 is 19.7 Å². The van der Waals surface area contributed by atoms with Crippen LogP contribution in [0.25, 0.3) is 0 Å². The third-order valence-electron chi connectivity index (χ3n) is 4.36. The second-order valence-corrected chi connectivity index (χ2v) is 6.93. The molecule has 0 amide bonds. The minimum atomic E-state index is -1.43. The predicted molar refractivity (Wildman–Crippen MR) is 102 cm³/mol. The second kappa shape index (κ2) is 19.7. The normalized spacial score (nSPS) is 11.2. The minimum Gasteiger partial charge on any atom is -0.465 e. The second-order valence-electron chi connectivity index (χ2n) is 6.93. The summed E-state index contributed by atoms with van der Waals surface area (Å²) in [5.41, 5.74) is 0. The molecule has 0 aromatic heterocycles. The van der Waals surface area contributed by atoms with Crippen LogP contribution in [0.3, 0.4) is 0 Å². The van der Waals surface area contributed by atoms with Crippen molar-refractivity contribution in [1.82, 2.24) is 5.32 Å². The number of hydrogen-bond acceptors (Lipinski definition) is 5. The summed E-state index contributed by atoms with van der Waals surface area (Å²) in [7, 11) is 0. The van der Waals surface area contributed by atoms with Gasteiger partial charge in [0, 0.05) is 6.54 Å². The number of carbonyl (C=O) groups is 1. The highest BCUT2D eigenvalue weighted by atomic mass is 16.5. The largest absolute Gasteiger partial charge is 0.465 e. The highest BCUT2D eigenvalue weighted by molar-refractivity contribution is 5.71. The van der Waals surface area contributed by atoms with Crippen LogP contribution < -0.4 is 5.32 Å². The van der Waals surface area contributed by atoms with Crippen LogP contribution in [0.5, 0.6) is 0 Å². The Morgan fingerprint density at radius 1 is 0.800 bits per heavy atom. The first-order valence-electron chi connectivity index (χ1n) is 10.4. The quantitative estimate of drug-likeness (QED) is 0.185. The molecule has 0 bridgehead atoms. The minimum absolute atomic E-state index is 0.0199. The maximum atomic E-state index is 11.3. The Labute approximate surface area is 154 Å². The van der Waals surface area contributed by atoms with Gasteiger partial charge >= 0.3 is 5.97 Å². The topological polar surface area (TPSA) is 78.8 Å². The molecule has 0 heterocycles. The Morgan fingerprint density at radius 2 is 1.24 bits per heavy atom. The smallest absolute Gasteiger partial charge is 0.319 e. The fraction of sp³-hybridized carbons (Fsp3) is 0.950. The summed E-state index contributed by atoms with van der Waals surface area (Å²) >= 11 is 0. The lowest BCUT2D eigenvalue weighted by Crippen LogP contribution is -2.31. The first-order chi connectivity index (χ1) is 12.2. The highest BCUT2D eigenvalue weighted by Crippen LogP contribution is 2.12. The van der Waals surface area contributed by atoms with E-state index in [0.29, 0.717) is 6.61 Å². The Bertz CT molecular complexity index is 285. The lowest BCUT2D eigenvalue weighted by atomic mass is 10.0. The Balaban J connectivity index is 3.10. The first kappa shape index (κ1) is 24.4. The van der Waals surface area contributed by atoms with Crippen molar-refractivity contribution >= 4 is 5.97 Å². The van der Waals surface area contributed by atoms with Crippen molar-refractivity contribution in [1.29, 1.82) is 0 Å². The number of aliphatic hydroxyl groups is 2. The van der Waals surface area contributed by atoms with Gasteiger partial charge in [-0.3, -0.25) is 4.79 Å². The third-order valence-corrected chi connectivity index (χ3v) is 4.36. The molecule has 0 spiro atoms. The summed E-state index contributed by atoms with van der Waals surface area (Å²) < 4.78 is 5.07. The number of esters is 1. The van der Waals surface area contributed by atoms with Gasteiger partial charge in [0.25, 0.3) is 0 Å². The van der Waals surface area contributed by atoms with Crippen molar-refractivity contribution in [2.75, 3.05) is 19.7 Å². The fourth-order valence-corrected chi connectivity index (χ4v) is 2.84. The maximum absolute atomic E-state index is 11.3. The van der Waals surface area contributed by atoms with E-state index in [9.17, 15) is 4.79 Å². The van der Waals surface area contributed by atoms with E-state index in [-0.39, 0.29) is 19.1 Å². The van der Waals surface area contributed by atoms with E-state index in [1.807, 2.05) is 0 Å². The van der Waals surface area contributed by atoms with Crippen LogP contribution in [0.15, 0.2) is 0 Å². The van der Waals surface area contributed by atoms with Crippen LogP contribution in [0.1, 0.15) is 96.8 Å². The molecule has 5 nitrogen and oxygen atoms in total. The molecule has 0 aliphatic heterocycles. The summed E-state index contributed by atoms with van der Waals surface area (Å²) in [6, 6.07) is 0. The molecule has 0 unspecified atom stereocenters. The molecule has 5 heteroatoms. The molecule has 0 saturated carbocycles. The Hall–Kier alpha value is -0.650. The van der Waals surface area contributed by atoms with Gasteiger partial charge in [-0.25, -0.2) is 0 Å². The molecule has 0 aromatic rings. The van der Waals surface area contributed by atoms with E-state index >= 15 is 0 Å². The number of aliphatic hydroxyl groups excluding tert-OH is 1. The van der Waals surface area contributed by atoms with Crippen LogP contribution >= 0.6 is 0 Å². The monoisotopic (exact) mass is 359 g/mol. The van der Waals surface area contributed by atoms with Gasteiger partial charge < -0.3 is 20.3 Å². The van der Waals surface area contributed by atoms with Gasteiger partial charge in [0.1, 0.15) is 0 Å². The molecule has 0 saturated heterocycles. The summed E-state index contributed by atoms with van der Waals surface area (Å²) in [5, 5.41) is 19.9. The molecular formula is C20H41NO4. The summed E-state index contributed by atoms with van der Waals surface area (Å²) in [4.78, 5) is 11.3. The maximum Gasteiger partial charge on any atom is 0.319 e. The van der Waals surface area contributed by atoms with E-state index in [1.54, 1.807) is 0 Å². The van der Waals surface area contributed by atoms with E-state index in [0.717, 1.165) is 12.8 Å². The number of unbranched alkanes of at least 4 members (excludes halogenated alkanes) is 13. The lowest BCUT2D eigenvalue weighted by Gasteiger charge is -2.07. The molecule has 0 aliphatic rings. The van der Waals surface area contributed by atoms with Crippen molar-refractivity contribution in [2.24, 2.45) is 0 Å². The lowest BCUT2D eigenvalue weighted by molar-refractivity contribution is -0.142. The number of hydrogen-bond donors (Lipinski definition) is 3. The van der Waals surface area contributed by atoms with Crippen molar-refractivity contribution in [3.63, 3.8) is 0 Å². The zero-order valence-corrected chi connectivity index (χ0v) is 16.3. The molecular weight excluding hydrogens is 318 g/mol. The van der Waals surface area contributed by atoms with Crippen LogP contribution in [0, 0.1) is 0 Å². The van der Waals surface area contributed by atoms with Gasteiger partial charge in [-0.1, -0.05) is 90.4 Å². The average Bonchev–Trinajstić information content (AvgIpc) is 2.58. The van der Waals surface area contributed by atoms with Crippen LogP contribution in [0.4, 0.5) is 0 Å². The third kappa shape index (κ3) is 21.3. The fourth-order valence-electron chi connectivity index (χ4n) is 2.84. The average molecular weight is 360 g/mol. The molecule has 25 heavy (non-hydrogen) atoms. The molecule has 0 aromatic carbocycles. The van der Waals surface area contributed by atoms with E-state index in [2.05, 4.69) is 12.2 Å². The van der Waals surface area contributed by atoms with Gasteiger partial charge in [0.15, 0.2) is 6.29 Å². The van der Waals surface area contributed by atoms with Gasteiger partial charge in [-0.15, -0.1) is 0 Å². The number of nitrogens with one attached hydrogen (secondary N) is 1. The number of ether oxygens (including phenoxy) is 1. The molecule has 150 valence electrons. The van der Waals surface area contributed by atoms with Gasteiger partial charge in [0.05, 0.1) is 13.2 Å². The van der Waals surface area contributed by atoms with E-state index < -0.39 is 6.29 Å². The van der Waals surface area contributed by atoms with Crippen molar-refractivity contribution in [3.8, 4) is 0 Å². The van der Waals surface area contributed by atoms with Crippen LogP contribution in [0.2, 0.25) is 0 Å². The number of carbonyl (C=O) groups excluding carboxylic acids is 1. The van der Waals surface area contributed by atoms with Gasteiger partial charge in [-0.05, 0) is 6.42 Å². The molecule has 0 radical (unpaired) electrons. The van der Waals surface area contributed by atoms with Crippen LogP contribution in [-0.4, -0.2) is 42.2 Å². The van der Waals surface area contributed by atoms with Crippen LogP contribution in [-0.2, 0) is 9.53 Å². The summed E-state index contributed by atoms with van der Waals surface area (Å²) in [6.45, 7) is 2.72. The highest BCUT2D eigenvalue weighted by Gasteiger charge is 2.03. The van der Waals surface area contributed by atoms with Gasteiger partial charge in [-0.2, -0.15) is 0 Å². The first-order valence-corrected chi connectivity index (χ1v) is 10.4. The summed E-state index contributed by atoms with van der Waals surface area (Å²) in [5.74, 6) is -0.338. The SMILES string of the molecule is CCCCCCCCCCCCCCCCOC(=O)CNCC(O)O. The Morgan fingerprint density at radius 3 is 1.68 bits per heavy atom. The zero-order chi connectivity index (χ0) is 18.6. The molecule has 3 N–H and O–H groups in total. The predicted octanol–water partition coefficient (Wildman–Crippen LogP) is 3.91. The molecule has 0 fully saturated rings. The molecule has 0 rings (SSSR count). The number of rotatable bonds is 19. The molecule has 0 aliphatic carbocycles. The summed E-state index contributed by atoms with van der Waals surface area (Å²) in [6.07, 6.45) is 16.9. The van der Waals surface area contributed by atoms with E-state index in [1.165, 1.54) is 77.0 Å². The van der Waals surface area contributed by atoms with Crippen molar-refractivity contribution in [2.45, 2.75) is 103 Å². The standard InChI is InChI=1S/C20H41NO4/c1-2-3-4-5-6-7-8-9-10-11-12-13-14-15-16-25-20(24)18-21-17-19(22)23/h19,21-23H,2-18H2,1H3. The van der Waals surface area contributed by atoms with Crippen molar-refractivity contribution in [3.05, 3.63) is 0 Å².